The second-order valence-electron chi connectivity index (χ2n) is 5.81. The van der Waals surface area contributed by atoms with Crippen molar-refractivity contribution in [3.63, 3.8) is 0 Å². The Bertz CT molecular complexity index is 485. The van der Waals surface area contributed by atoms with Crippen LogP contribution in [-0.4, -0.2) is 41.7 Å². The van der Waals surface area contributed by atoms with E-state index in [1.165, 1.54) is 0 Å². The number of aliphatic hydroxyl groups is 1. The third kappa shape index (κ3) is 2.40. The molecule has 0 bridgehead atoms. The van der Waals surface area contributed by atoms with Gasteiger partial charge in [0.1, 0.15) is 5.75 Å². The molecule has 1 amide bonds. The molecule has 0 unspecified atom stereocenters. The first-order chi connectivity index (χ1) is 9.69. The van der Waals surface area contributed by atoms with Crippen LogP contribution in [0.1, 0.15) is 30.1 Å². The molecule has 2 fully saturated rings. The summed E-state index contributed by atoms with van der Waals surface area (Å²) in [5.74, 6) is 1.67. The quantitative estimate of drug-likeness (QED) is 0.913. The van der Waals surface area contributed by atoms with Crippen LogP contribution < -0.4 is 4.74 Å². The highest BCUT2D eigenvalue weighted by atomic mass is 16.5. The second kappa shape index (κ2) is 5.44. The monoisotopic (exact) mass is 275 g/mol. The van der Waals surface area contributed by atoms with Crippen molar-refractivity contribution >= 4 is 5.91 Å². The third-order valence-corrected chi connectivity index (χ3v) is 4.39. The Morgan fingerprint density at radius 1 is 1.35 bits per heavy atom. The van der Waals surface area contributed by atoms with Crippen molar-refractivity contribution in [3.8, 4) is 5.75 Å². The summed E-state index contributed by atoms with van der Waals surface area (Å²) in [6.45, 7) is 4.24. The molecule has 3 atom stereocenters. The molecule has 1 saturated heterocycles. The van der Waals surface area contributed by atoms with Crippen molar-refractivity contribution in [2.75, 3.05) is 19.7 Å². The van der Waals surface area contributed by atoms with Crippen molar-refractivity contribution < 1.29 is 14.6 Å². The largest absolute Gasteiger partial charge is 0.494 e. The van der Waals surface area contributed by atoms with Gasteiger partial charge in [-0.2, -0.15) is 0 Å². The van der Waals surface area contributed by atoms with Crippen molar-refractivity contribution in [2.24, 2.45) is 11.8 Å². The Kier molecular flexibility index (Phi) is 3.66. The first-order valence-corrected chi connectivity index (χ1v) is 7.39. The van der Waals surface area contributed by atoms with E-state index in [0.717, 1.165) is 25.1 Å². The van der Waals surface area contributed by atoms with Crippen LogP contribution in [-0.2, 0) is 0 Å². The number of aliphatic hydroxyl groups excluding tert-OH is 1. The molecule has 1 aromatic rings. The molecule has 20 heavy (non-hydrogen) atoms. The Balaban J connectivity index is 1.62. The van der Waals surface area contributed by atoms with Gasteiger partial charge in [0.25, 0.3) is 5.91 Å². The number of carbonyl (C=O) groups is 1. The fourth-order valence-electron chi connectivity index (χ4n) is 3.13. The van der Waals surface area contributed by atoms with E-state index >= 15 is 0 Å². The van der Waals surface area contributed by atoms with Gasteiger partial charge in [-0.3, -0.25) is 4.79 Å². The number of fused-ring (bicyclic) bond motifs is 1. The maximum atomic E-state index is 12.4. The van der Waals surface area contributed by atoms with E-state index in [9.17, 15) is 9.90 Å². The Hall–Kier alpha value is -1.55. The van der Waals surface area contributed by atoms with Crippen LogP contribution in [0.15, 0.2) is 24.3 Å². The summed E-state index contributed by atoms with van der Waals surface area (Å²) >= 11 is 0. The fraction of sp³-hybridized carbons (Fsp3) is 0.562. The number of ether oxygens (including phenoxy) is 1. The van der Waals surface area contributed by atoms with Gasteiger partial charge in [-0.05, 0) is 43.0 Å². The van der Waals surface area contributed by atoms with E-state index in [4.69, 9.17) is 4.74 Å². The molecule has 4 heteroatoms. The van der Waals surface area contributed by atoms with Crippen molar-refractivity contribution in [1.29, 1.82) is 0 Å². The van der Waals surface area contributed by atoms with E-state index in [2.05, 4.69) is 6.92 Å². The zero-order valence-electron chi connectivity index (χ0n) is 11.8. The molecule has 2 aliphatic rings. The summed E-state index contributed by atoms with van der Waals surface area (Å²) in [7, 11) is 0. The van der Waals surface area contributed by atoms with Gasteiger partial charge in [0.15, 0.2) is 0 Å². The number of benzene rings is 1. The lowest BCUT2D eigenvalue weighted by Gasteiger charge is -2.34. The lowest BCUT2D eigenvalue weighted by Crippen LogP contribution is -2.39. The summed E-state index contributed by atoms with van der Waals surface area (Å²) in [5, 5.41) is 9.65. The van der Waals surface area contributed by atoms with E-state index in [1.54, 1.807) is 0 Å². The minimum atomic E-state index is -0.206. The molecule has 1 aromatic carbocycles. The van der Waals surface area contributed by atoms with Crippen LogP contribution in [0, 0.1) is 11.8 Å². The third-order valence-electron chi connectivity index (χ3n) is 4.39. The molecule has 1 N–H and O–H groups in total. The number of nitrogens with zero attached hydrogens (tertiary/aromatic N) is 1. The number of hydrogen-bond acceptors (Lipinski definition) is 3. The maximum Gasteiger partial charge on any atom is 0.253 e. The van der Waals surface area contributed by atoms with Crippen LogP contribution in [0.5, 0.6) is 5.75 Å². The molecule has 3 rings (SSSR count). The van der Waals surface area contributed by atoms with E-state index in [-0.39, 0.29) is 12.0 Å². The maximum absolute atomic E-state index is 12.4. The van der Waals surface area contributed by atoms with Crippen LogP contribution in [0.25, 0.3) is 0 Å². The SMILES string of the molecule is CCCOc1ccc(C(=O)N2C[C@H]3C[C@@H](O)[C@H]3C2)cc1. The minimum Gasteiger partial charge on any atom is -0.494 e. The van der Waals surface area contributed by atoms with Crippen LogP contribution in [0.2, 0.25) is 0 Å². The zero-order valence-corrected chi connectivity index (χ0v) is 11.8. The van der Waals surface area contributed by atoms with Crippen LogP contribution >= 0.6 is 0 Å². The summed E-state index contributed by atoms with van der Waals surface area (Å²) < 4.78 is 5.52. The first-order valence-electron chi connectivity index (χ1n) is 7.39. The second-order valence-corrected chi connectivity index (χ2v) is 5.81. The molecule has 0 aromatic heterocycles. The average Bonchev–Trinajstić information content (AvgIpc) is 2.82. The number of amides is 1. The smallest absolute Gasteiger partial charge is 0.253 e. The van der Waals surface area contributed by atoms with Gasteiger partial charge in [0, 0.05) is 24.6 Å². The van der Waals surface area contributed by atoms with E-state index < -0.39 is 0 Å². The summed E-state index contributed by atoms with van der Waals surface area (Å²) in [6.07, 6.45) is 1.61. The van der Waals surface area contributed by atoms with Crippen LogP contribution in [0.3, 0.4) is 0 Å². The van der Waals surface area contributed by atoms with Crippen LogP contribution in [0.4, 0.5) is 0 Å². The topological polar surface area (TPSA) is 49.8 Å². The highest BCUT2D eigenvalue weighted by Gasteiger charge is 2.47. The van der Waals surface area contributed by atoms with Gasteiger partial charge in [-0.1, -0.05) is 6.92 Å². The molecule has 1 aliphatic carbocycles. The van der Waals surface area contributed by atoms with Gasteiger partial charge in [-0.15, -0.1) is 0 Å². The molecule has 108 valence electrons. The van der Waals surface area contributed by atoms with E-state index in [1.807, 2.05) is 29.2 Å². The number of rotatable bonds is 4. The highest BCUT2D eigenvalue weighted by molar-refractivity contribution is 5.94. The number of carbonyl (C=O) groups excluding carboxylic acids is 1. The van der Waals surface area contributed by atoms with E-state index in [0.29, 0.717) is 30.6 Å². The Morgan fingerprint density at radius 3 is 2.70 bits per heavy atom. The first kappa shape index (κ1) is 13.4. The fourth-order valence-corrected chi connectivity index (χ4v) is 3.13. The van der Waals surface area contributed by atoms with Gasteiger partial charge in [0.2, 0.25) is 0 Å². The normalized spacial score (nSPS) is 27.9. The molecule has 1 saturated carbocycles. The predicted octanol–water partition coefficient (Wildman–Crippen LogP) is 1.93. The molecular weight excluding hydrogens is 254 g/mol. The highest BCUT2D eigenvalue weighted by Crippen LogP contribution is 2.41. The summed E-state index contributed by atoms with van der Waals surface area (Å²) in [6, 6.07) is 7.35. The Morgan fingerprint density at radius 2 is 2.10 bits per heavy atom. The molecule has 0 spiro atoms. The molecular formula is C16H21NO3. The minimum absolute atomic E-state index is 0.0636. The molecule has 1 aliphatic heterocycles. The zero-order chi connectivity index (χ0) is 14.1. The standard InChI is InChI=1S/C16H21NO3/c1-2-7-20-13-5-3-11(4-6-13)16(19)17-9-12-8-15(18)14(12)10-17/h3-6,12,14-15,18H,2,7-10H2,1H3/t12-,14+,15-/m1/s1. The van der Waals surface area contributed by atoms with Crippen molar-refractivity contribution in [2.45, 2.75) is 25.9 Å². The van der Waals surface area contributed by atoms with Crippen molar-refractivity contribution in [1.82, 2.24) is 4.90 Å². The summed E-state index contributed by atoms with van der Waals surface area (Å²) in [5.41, 5.74) is 0.699. The molecule has 1 heterocycles. The number of likely N-dealkylation sites (tertiary alicyclic amines) is 1. The van der Waals surface area contributed by atoms with Gasteiger partial charge in [0.05, 0.1) is 12.7 Å². The van der Waals surface area contributed by atoms with Gasteiger partial charge in [-0.25, -0.2) is 0 Å². The lowest BCUT2D eigenvalue weighted by molar-refractivity contribution is -0.00427. The van der Waals surface area contributed by atoms with Crippen molar-refractivity contribution in [3.05, 3.63) is 29.8 Å². The van der Waals surface area contributed by atoms with Gasteiger partial charge < -0.3 is 14.7 Å². The predicted molar refractivity (Wildman–Crippen MR) is 75.7 cm³/mol. The molecule has 4 nitrogen and oxygen atoms in total. The summed E-state index contributed by atoms with van der Waals surface area (Å²) in [4.78, 5) is 14.3. The van der Waals surface area contributed by atoms with Gasteiger partial charge >= 0.3 is 0 Å². The average molecular weight is 275 g/mol. The Labute approximate surface area is 119 Å². The number of hydrogen-bond donors (Lipinski definition) is 1. The molecule has 0 radical (unpaired) electrons. The lowest BCUT2D eigenvalue weighted by atomic mass is 9.74.